The van der Waals surface area contributed by atoms with Gasteiger partial charge < -0.3 is 9.90 Å². The summed E-state index contributed by atoms with van der Waals surface area (Å²) < 4.78 is 0. The van der Waals surface area contributed by atoms with Crippen molar-refractivity contribution in [2.75, 3.05) is 6.61 Å². The van der Waals surface area contributed by atoms with E-state index in [0.717, 1.165) is 53.0 Å². The van der Waals surface area contributed by atoms with Crippen LogP contribution in [0.4, 0.5) is 0 Å². The van der Waals surface area contributed by atoms with E-state index in [1.807, 2.05) is 36.4 Å². The molecule has 0 fully saturated rings. The number of unbranched alkanes of at least 4 members (excludes halogenated alkanes) is 2. The summed E-state index contributed by atoms with van der Waals surface area (Å²) in [4.78, 5) is 23.4. The van der Waals surface area contributed by atoms with Crippen LogP contribution >= 0.6 is 0 Å². The molecule has 3 rings (SSSR count). The van der Waals surface area contributed by atoms with E-state index in [4.69, 9.17) is 0 Å². The van der Waals surface area contributed by atoms with Gasteiger partial charge in [-0.3, -0.25) is 4.79 Å². The Labute approximate surface area is 148 Å². The Hall–Kier alpha value is -2.26. The van der Waals surface area contributed by atoms with Gasteiger partial charge in [0.05, 0.1) is 0 Å². The molecule has 0 saturated carbocycles. The molecular weight excluding hydrogens is 312 g/mol. The number of aliphatic hydroxyl groups excluding tert-OH is 1. The largest absolute Gasteiger partial charge is 0.396 e. The highest BCUT2D eigenvalue weighted by molar-refractivity contribution is 6.22. The van der Waals surface area contributed by atoms with Crippen LogP contribution in [0.1, 0.15) is 54.4 Å². The summed E-state index contributed by atoms with van der Waals surface area (Å²) in [5, 5.41) is 11.5. The topological polar surface area (TPSA) is 54.4 Å². The predicted octanol–water partition coefficient (Wildman–Crippen LogP) is 4.57. The highest BCUT2D eigenvalue weighted by Crippen LogP contribution is 2.34. The number of carbonyl (C=O) groups excluding carboxylic acids is 2. The molecule has 1 N–H and O–H groups in total. The fourth-order valence-electron chi connectivity index (χ4n) is 3.76. The van der Waals surface area contributed by atoms with E-state index in [1.165, 1.54) is 0 Å². The molecule has 0 radical (unpaired) electrons. The van der Waals surface area contributed by atoms with Crippen LogP contribution in [0.25, 0.3) is 16.8 Å². The van der Waals surface area contributed by atoms with Gasteiger partial charge in [0.2, 0.25) is 0 Å². The fraction of sp³-hybridized carbons (Fsp3) is 0.364. The fourth-order valence-corrected chi connectivity index (χ4v) is 3.76. The summed E-state index contributed by atoms with van der Waals surface area (Å²) in [6, 6.07) is 12.0. The van der Waals surface area contributed by atoms with E-state index in [2.05, 4.69) is 6.07 Å². The van der Waals surface area contributed by atoms with E-state index >= 15 is 0 Å². The molecule has 1 unspecified atom stereocenters. The average Bonchev–Trinajstić information content (AvgIpc) is 2.63. The van der Waals surface area contributed by atoms with Crippen molar-refractivity contribution in [3.05, 3.63) is 53.1 Å². The second-order valence-corrected chi connectivity index (χ2v) is 6.78. The van der Waals surface area contributed by atoms with Crippen molar-refractivity contribution in [1.82, 2.24) is 0 Å². The normalized spacial score (nSPS) is 14.4. The van der Waals surface area contributed by atoms with Crippen molar-refractivity contribution in [2.45, 2.75) is 38.5 Å². The first-order valence-corrected chi connectivity index (χ1v) is 9.06. The summed E-state index contributed by atoms with van der Waals surface area (Å²) in [5.41, 5.74) is 2.72. The molecule has 1 atom stereocenters. The van der Waals surface area contributed by atoms with E-state index in [0.29, 0.717) is 19.3 Å². The zero-order chi connectivity index (χ0) is 17.6. The molecule has 3 nitrogen and oxygen atoms in total. The molecule has 0 spiro atoms. The van der Waals surface area contributed by atoms with Gasteiger partial charge in [-0.05, 0) is 42.2 Å². The maximum Gasteiger partial charge on any atom is 0.189 e. The van der Waals surface area contributed by atoms with E-state index < -0.39 is 0 Å². The third kappa shape index (κ3) is 3.88. The van der Waals surface area contributed by atoms with Crippen molar-refractivity contribution < 1.29 is 14.7 Å². The highest BCUT2D eigenvalue weighted by Gasteiger charge is 2.23. The molecular formula is C22H24O3. The van der Waals surface area contributed by atoms with Crippen LogP contribution in [-0.2, 0) is 4.79 Å². The summed E-state index contributed by atoms with van der Waals surface area (Å²) in [6.45, 7) is 0.131. The van der Waals surface area contributed by atoms with E-state index in [9.17, 15) is 14.7 Å². The smallest absolute Gasteiger partial charge is 0.189 e. The quantitative estimate of drug-likeness (QED) is 0.539. The number of aliphatic hydroxyl groups is 1. The zero-order valence-electron chi connectivity index (χ0n) is 14.4. The minimum Gasteiger partial charge on any atom is -0.396 e. The van der Waals surface area contributed by atoms with Crippen LogP contribution in [0.15, 0.2) is 42.0 Å². The standard InChI is InChI=1S/C22H24O3/c23-12-3-1-2-6-16(11-13-24)14-19-15-18-9-4-7-17-8-5-10-20(21(17)18)22(19)25/h4-5,7-10,12,15-16,24H,1-3,6,11,13-14H2. The molecule has 2 aromatic carbocycles. The molecule has 0 aliphatic heterocycles. The predicted molar refractivity (Wildman–Crippen MR) is 101 cm³/mol. The van der Waals surface area contributed by atoms with Gasteiger partial charge >= 0.3 is 0 Å². The molecule has 1 aliphatic rings. The number of benzene rings is 2. The van der Waals surface area contributed by atoms with Crippen LogP contribution < -0.4 is 0 Å². The minimum absolute atomic E-state index is 0.111. The van der Waals surface area contributed by atoms with Gasteiger partial charge in [0.1, 0.15) is 6.29 Å². The molecule has 0 aromatic heterocycles. The first kappa shape index (κ1) is 17.6. The van der Waals surface area contributed by atoms with Gasteiger partial charge in [-0.2, -0.15) is 0 Å². The summed E-state index contributed by atoms with van der Waals surface area (Å²) in [7, 11) is 0. The molecule has 1 aliphatic carbocycles. The molecule has 2 aromatic rings. The number of allylic oxidation sites excluding steroid dienone is 1. The third-order valence-electron chi connectivity index (χ3n) is 5.03. The maximum absolute atomic E-state index is 12.9. The van der Waals surface area contributed by atoms with Gasteiger partial charge in [0.25, 0.3) is 0 Å². The van der Waals surface area contributed by atoms with Crippen LogP contribution in [0, 0.1) is 5.92 Å². The van der Waals surface area contributed by atoms with Gasteiger partial charge in [0.15, 0.2) is 5.78 Å². The van der Waals surface area contributed by atoms with E-state index in [1.54, 1.807) is 0 Å². The van der Waals surface area contributed by atoms with Crippen molar-refractivity contribution in [3.8, 4) is 0 Å². The maximum atomic E-state index is 12.9. The SMILES string of the molecule is O=CCCCCC(CCO)CC1=Cc2cccc3cccc(c23)C1=O. The van der Waals surface area contributed by atoms with Crippen molar-refractivity contribution in [3.63, 3.8) is 0 Å². The van der Waals surface area contributed by atoms with Crippen molar-refractivity contribution in [1.29, 1.82) is 0 Å². The Morgan fingerprint density at radius 3 is 2.60 bits per heavy atom. The number of Topliss-reactive ketones (excluding diaryl/α,β-unsaturated/α-hetero) is 1. The van der Waals surface area contributed by atoms with Crippen LogP contribution in [0.5, 0.6) is 0 Å². The van der Waals surface area contributed by atoms with Crippen molar-refractivity contribution in [2.24, 2.45) is 5.92 Å². The van der Waals surface area contributed by atoms with Crippen LogP contribution in [0.2, 0.25) is 0 Å². The first-order chi connectivity index (χ1) is 12.2. The molecule has 0 amide bonds. The lowest BCUT2D eigenvalue weighted by molar-refractivity contribution is -0.107. The Balaban J connectivity index is 1.81. The Bertz CT molecular complexity index is 799. The molecule has 3 heteroatoms. The molecule has 0 bridgehead atoms. The van der Waals surface area contributed by atoms with Crippen LogP contribution in [0.3, 0.4) is 0 Å². The number of hydrogen-bond acceptors (Lipinski definition) is 3. The summed E-state index contributed by atoms with van der Waals surface area (Å²) in [5.74, 6) is 0.386. The van der Waals surface area contributed by atoms with E-state index in [-0.39, 0.29) is 18.3 Å². The van der Waals surface area contributed by atoms with Gasteiger partial charge in [-0.15, -0.1) is 0 Å². The number of hydrogen-bond donors (Lipinski definition) is 1. The minimum atomic E-state index is 0.111. The molecule has 130 valence electrons. The zero-order valence-corrected chi connectivity index (χ0v) is 14.4. The van der Waals surface area contributed by atoms with Crippen LogP contribution in [-0.4, -0.2) is 23.8 Å². The Morgan fingerprint density at radius 2 is 1.84 bits per heavy atom. The highest BCUT2D eigenvalue weighted by atomic mass is 16.3. The lowest BCUT2D eigenvalue weighted by Crippen LogP contribution is -2.14. The summed E-state index contributed by atoms with van der Waals surface area (Å²) in [6.07, 6.45) is 7.70. The van der Waals surface area contributed by atoms with Gasteiger partial charge in [-0.1, -0.05) is 49.2 Å². The molecule has 25 heavy (non-hydrogen) atoms. The second-order valence-electron chi connectivity index (χ2n) is 6.78. The monoisotopic (exact) mass is 336 g/mol. The third-order valence-corrected chi connectivity index (χ3v) is 5.03. The number of aldehydes is 1. The lowest BCUT2D eigenvalue weighted by Gasteiger charge is -2.21. The number of ketones is 1. The molecule has 0 saturated heterocycles. The van der Waals surface area contributed by atoms with Gasteiger partial charge in [-0.25, -0.2) is 0 Å². The first-order valence-electron chi connectivity index (χ1n) is 9.06. The van der Waals surface area contributed by atoms with Gasteiger partial charge in [0, 0.05) is 29.6 Å². The summed E-state index contributed by atoms with van der Waals surface area (Å²) >= 11 is 0. The lowest BCUT2D eigenvalue weighted by atomic mass is 9.82. The van der Waals surface area contributed by atoms with Crippen molar-refractivity contribution >= 4 is 28.9 Å². The Kier molecular flexibility index (Phi) is 5.77. The number of rotatable bonds is 9. The second kappa shape index (κ2) is 8.21. The average molecular weight is 336 g/mol. The number of carbonyl (C=O) groups is 2. The Morgan fingerprint density at radius 1 is 1.04 bits per heavy atom. The molecule has 0 heterocycles.